The number of nitrogens with one attached hydrogen (secondary N) is 1. The molecule has 1 aromatic heterocycles. The summed E-state index contributed by atoms with van der Waals surface area (Å²) in [6, 6.07) is 9.68. The predicted molar refractivity (Wildman–Crippen MR) is 84.8 cm³/mol. The lowest BCUT2D eigenvalue weighted by Crippen LogP contribution is -2.11. The third-order valence-electron chi connectivity index (χ3n) is 2.91. The summed E-state index contributed by atoms with van der Waals surface area (Å²) in [5.74, 6) is -0.618. The zero-order valence-electron chi connectivity index (χ0n) is 12.2. The Balaban J connectivity index is 2.59. The molecule has 0 radical (unpaired) electrons. The highest BCUT2D eigenvalue weighted by Crippen LogP contribution is 2.40. The fourth-order valence-electron chi connectivity index (χ4n) is 2.13. The van der Waals surface area contributed by atoms with Gasteiger partial charge in [0.1, 0.15) is 4.88 Å². The minimum absolute atomic E-state index is 0.212. The minimum Gasteiger partial charge on any atom is -0.462 e. The molecular weight excluding hydrogens is 286 g/mol. The Morgan fingerprint density at radius 3 is 2.48 bits per heavy atom. The van der Waals surface area contributed by atoms with Crippen molar-refractivity contribution in [1.29, 1.82) is 0 Å². The van der Waals surface area contributed by atoms with E-state index in [9.17, 15) is 9.59 Å². The number of thiophene rings is 1. The maximum absolute atomic E-state index is 12.1. The number of anilines is 1. The predicted octanol–water partition coefficient (Wildman–Crippen LogP) is 3.86. The summed E-state index contributed by atoms with van der Waals surface area (Å²) < 4.78 is 5.07. The first kappa shape index (κ1) is 15.3. The van der Waals surface area contributed by atoms with Crippen LogP contribution in [0.1, 0.15) is 28.4 Å². The van der Waals surface area contributed by atoms with Gasteiger partial charge in [-0.3, -0.25) is 4.79 Å². The number of hydrogen-bond acceptors (Lipinski definition) is 4. The molecule has 110 valence electrons. The maximum atomic E-state index is 12.1. The van der Waals surface area contributed by atoms with Crippen molar-refractivity contribution in [2.75, 3.05) is 11.9 Å². The monoisotopic (exact) mass is 303 g/mol. The van der Waals surface area contributed by atoms with Crippen molar-refractivity contribution in [3.05, 3.63) is 40.1 Å². The second-order valence-electron chi connectivity index (χ2n) is 4.51. The molecule has 0 aliphatic carbocycles. The van der Waals surface area contributed by atoms with Crippen molar-refractivity contribution in [2.45, 2.75) is 20.8 Å². The molecule has 5 heteroatoms. The van der Waals surface area contributed by atoms with Gasteiger partial charge in [0.25, 0.3) is 0 Å². The highest BCUT2D eigenvalue weighted by molar-refractivity contribution is 7.15. The summed E-state index contributed by atoms with van der Waals surface area (Å²) in [5, 5.41) is 2.77. The number of carbonyl (C=O) groups excluding carboxylic acids is 2. The van der Waals surface area contributed by atoms with Gasteiger partial charge in [-0.15, -0.1) is 11.3 Å². The average Bonchev–Trinajstić information content (AvgIpc) is 2.76. The number of aryl methyl sites for hydroxylation is 1. The number of esters is 1. The molecule has 1 amide bonds. The van der Waals surface area contributed by atoms with Crippen LogP contribution in [0.15, 0.2) is 30.3 Å². The molecule has 1 aromatic carbocycles. The topological polar surface area (TPSA) is 55.4 Å². The van der Waals surface area contributed by atoms with Crippen molar-refractivity contribution in [1.82, 2.24) is 0 Å². The molecular formula is C16H17NO3S. The van der Waals surface area contributed by atoms with Crippen molar-refractivity contribution in [3.8, 4) is 11.1 Å². The van der Waals surface area contributed by atoms with Gasteiger partial charge >= 0.3 is 5.97 Å². The minimum atomic E-state index is -0.406. The molecule has 0 bridgehead atoms. The van der Waals surface area contributed by atoms with Crippen LogP contribution in [0.2, 0.25) is 0 Å². The van der Waals surface area contributed by atoms with Crippen LogP contribution in [0.25, 0.3) is 11.1 Å². The van der Waals surface area contributed by atoms with E-state index in [2.05, 4.69) is 5.32 Å². The van der Waals surface area contributed by atoms with Gasteiger partial charge in [-0.05, 0) is 19.4 Å². The Morgan fingerprint density at radius 1 is 1.24 bits per heavy atom. The molecule has 1 heterocycles. The van der Waals surface area contributed by atoms with Gasteiger partial charge in [0.15, 0.2) is 0 Å². The molecule has 0 unspecified atom stereocenters. The van der Waals surface area contributed by atoms with Crippen LogP contribution in [0.4, 0.5) is 5.69 Å². The van der Waals surface area contributed by atoms with Crippen molar-refractivity contribution in [2.24, 2.45) is 0 Å². The number of carbonyl (C=O) groups is 2. The number of amides is 1. The van der Waals surface area contributed by atoms with E-state index in [1.165, 1.54) is 18.3 Å². The van der Waals surface area contributed by atoms with E-state index in [0.29, 0.717) is 17.2 Å². The molecule has 2 aromatic rings. The lowest BCUT2D eigenvalue weighted by Gasteiger charge is -2.08. The first-order valence-electron chi connectivity index (χ1n) is 6.68. The third-order valence-corrected chi connectivity index (χ3v) is 3.99. The normalized spacial score (nSPS) is 10.2. The number of rotatable bonds is 4. The molecule has 0 saturated carbocycles. The second-order valence-corrected chi connectivity index (χ2v) is 5.73. The van der Waals surface area contributed by atoms with Crippen LogP contribution in [0, 0.1) is 6.92 Å². The SMILES string of the molecule is CCOC(=O)c1sc(C)c(-c2ccccc2)c1NC(C)=O. The van der Waals surface area contributed by atoms with E-state index >= 15 is 0 Å². The standard InChI is InChI=1S/C16H17NO3S/c1-4-20-16(19)15-14(17-11(3)18)13(10(2)21-15)12-8-6-5-7-9-12/h5-9H,4H2,1-3H3,(H,17,18). The number of hydrogen-bond donors (Lipinski definition) is 1. The quantitative estimate of drug-likeness (QED) is 0.873. The summed E-state index contributed by atoms with van der Waals surface area (Å²) in [5.41, 5.74) is 2.37. The molecule has 0 saturated heterocycles. The van der Waals surface area contributed by atoms with Gasteiger partial charge in [0.2, 0.25) is 5.91 Å². The van der Waals surface area contributed by atoms with E-state index in [1.54, 1.807) is 6.92 Å². The summed E-state index contributed by atoms with van der Waals surface area (Å²) in [6.45, 7) is 5.42. The second kappa shape index (κ2) is 6.54. The Morgan fingerprint density at radius 2 is 1.90 bits per heavy atom. The van der Waals surface area contributed by atoms with Gasteiger partial charge in [-0.1, -0.05) is 30.3 Å². The van der Waals surface area contributed by atoms with E-state index in [1.807, 2.05) is 37.3 Å². The van der Waals surface area contributed by atoms with E-state index in [0.717, 1.165) is 16.0 Å². The molecule has 2 rings (SSSR count). The first-order chi connectivity index (χ1) is 10.0. The zero-order chi connectivity index (χ0) is 15.4. The summed E-state index contributed by atoms with van der Waals surface area (Å²) in [4.78, 5) is 25.0. The van der Waals surface area contributed by atoms with Crippen LogP contribution in [0.5, 0.6) is 0 Å². The molecule has 1 N–H and O–H groups in total. The molecule has 0 atom stereocenters. The fourth-order valence-corrected chi connectivity index (χ4v) is 3.16. The molecule has 0 aliphatic heterocycles. The van der Waals surface area contributed by atoms with Gasteiger partial charge in [0.05, 0.1) is 12.3 Å². The van der Waals surface area contributed by atoms with E-state index in [-0.39, 0.29) is 5.91 Å². The number of benzene rings is 1. The molecule has 0 spiro atoms. The Kier molecular flexibility index (Phi) is 4.75. The van der Waals surface area contributed by atoms with Crippen LogP contribution in [-0.2, 0) is 9.53 Å². The lowest BCUT2D eigenvalue weighted by molar-refractivity contribution is -0.114. The molecule has 21 heavy (non-hydrogen) atoms. The lowest BCUT2D eigenvalue weighted by atomic mass is 10.0. The van der Waals surface area contributed by atoms with E-state index < -0.39 is 5.97 Å². The van der Waals surface area contributed by atoms with Crippen LogP contribution in [-0.4, -0.2) is 18.5 Å². The van der Waals surface area contributed by atoms with Crippen molar-refractivity contribution < 1.29 is 14.3 Å². The summed E-state index contributed by atoms with van der Waals surface area (Å²) >= 11 is 1.34. The van der Waals surface area contributed by atoms with Gasteiger partial charge in [0, 0.05) is 17.4 Å². The Bertz CT molecular complexity index is 662. The molecule has 0 aliphatic rings. The highest BCUT2D eigenvalue weighted by atomic mass is 32.1. The smallest absolute Gasteiger partial charge is 0.350 e. The van der Waals surface area contributed by atoms with Crippen molar-refractivity contribution >= 4 is 28.9 Å². The third kappa shape index (κ3) is 3.31. The van der Waals surface area contributed by atoms with Crippen LogP contribution < -0.4 is 5.32 Å². The van der Waals surface area contributed by atoms with Gasteiger partial charge in [-0.25, -0.2) is 4.79 Å². The highest BCUT2D eigenvalue weighted by Gasteiger charge is 2.23. The van der Waals surface area contributed by atoms with Gasteiger partial charge < -0.3 is 10.1 Å². The largest absolute Gasteiger partial charge is 0.462 e. The zero-order valence-corrected chi connectivity index (χ0v) is 13.0. The van der Waals surface area contributed by atoms with E-state index in [4.69, 9.17) is 4.74 Å². The average molecular weight is 303 g/mol. The number of ether oxygens (including phenoxy) is 1. The summed E-state index contributed by atoms with van der Waals surface area (Å²) in [7, 11) is 0. The van der Waals surface area contributed by atoms with Gasteiger partial charge in [-0.2, -0.15) is 0 Å². The molecule has 0 fully saturated rings. The molecule has 4 nitrogen and oxygen atoms in total. The fraction of sp³-hybridized carbons (Fsp3) is 0.250. The maximum Gasteiger partial charge on any atom is 0.350 e. The van der Waals surface area contributed by atoms with Crippen molar-refractivity contribution in [3.63, 3.8) is 0 Å². The Hall–Kier alpha value is -2.14. The first-order valence-corrected chi connectivity index (χ1v) is 7.49. The summed E-state index contributed by atoms with van der Waals surface area (Å²) in [6.07, 6.45) is 0. The van der Waals surface area contributed by atoms with Crippen LogP contribution >= 0.6 is 11.3 Å². The van der Waals surface area contributed by atoms with Crippen LogP contribution in [0.3, 0.4) is 0 Å². The Labute approximate surface area is 127 Å².